The molecule has 0 aromatic heterocycles. The van der Waals surface area contributed by atoms with Crippen molar-refractivity contribution in [2.75, 3.05) is 0 Å². The maximum atomic E-state index is 14.5. The quantitative estimate of drug-likeness (QED) is 0.438. The van der Waals surface area contributed by atoms with E-state index in [4.69, 9.17) is 0 Å². The molecule has 3 heteroatoms. The molecule has 3 aromatic carbocycles. The molecule has 27 heavy (non-hydrogen) atoms. The molecule has 0 heterocycles. The van der Waals surface area contributed by atoms with Crippen molar-refractivity contribution >= 4 is 0 Å². The average molecular weight is 364 g/mol. The minimum atomic E-state index is -0.712. The van der Waals surface area contributed by atoms with E-state index in [2.05, 4.69) is 11.8 Å². The molecule has 0 bridgehead atoms. The molecule has 0 atom stereocenters. The molecule has 3 rings (SSSR count). The zero-order chi connectivity index (χ0) is 19.7. The third-order valence-corrected chi connectivity index (χ3v) is 4.71. The molecule has 0 saturated carbocycles. The van der Waals surface area contributed by atoms with Crippen LogP contribution in [0.2, 0.25) is 0 Å². The van der Waals surface area contributed by atoms with E-state index >= 15 is 0 Å². The average Bonchev–Trinajstić information content (AvgIpc) is 2.58. The summed E-state index contributed by atoms with van der Waals surface area (Å²) in [5.74, 6) is 3.73. The number of rotatable bonds is 1. The van der Waals surface area contributed by atoms with E-state index in [0.29, 0.717) is 5.56 Å². The van der Waals surface area contributed by atoms with Gasteiger partial charge in [0.15, 0.2) is 0 Å². The fourth-order valence-corrected chi connectivity index (χ4v) is 2.99. The molecule has 0 spiro atoms. The highest BCUT2D eigenvalue weighted by Gasteiger charge is 2.14. The highest BCUT2D eigenvalue weighted by molar-refractivity contribution is 5.66. The van der Waals surface area contributed by atoms with Crippen molar-refractivity contribution in [3.63, 3.8) is 0 Å². The number of hydrogen-bond donors (Lipinski definition) is 0. The Bertz CT molecular complexity index is 1050. The third-order valence-electron chi connectivity index (χ3n) is 4.71. The van der Waals surface area contributed by atoms with Crippen molar-refractivity contribution < 1.29 is 13.2 Å². The Morgan fingerprint density at radius 2 is 1.26 bits per heavy atom. The number of aryl methyl sites for hydroxylation is 3. The lowest BCUT2D eigenvalue weighted by Gasteiger charge is -2.07. The molecule has 0 unspecified atom stereocenters. The van der Waals surface area contributed by atoms with Gasteiger partial charge in [-0.25, -0.2) is 13.2 Å². The first-order valence-corrected chi connectivity index (χ1v) is 8.61. The summed E-state index contributed by atoms with van der Waals surface area (Å²) >= 11 is 0. The van der Waals surface area contributed by atoms with Crippen molar-refractivity contribution in [2.45, 2.75) is 27.7 Å². The Labute approximate surface area is 157 Å². The normalized spacial score (nSPS) is 10.5. The van der Waals surface area contributed by atoms with Gasteiger partial charge in [-0.3, -0.25) is 0 Å². The predicted octanol–water partition coefficient (Wildman–Crippen LogP) is 6.40. The van der Waals surface area contributed by atoms with Crippen LogP contribution >= 0.6 is 0 Å². The van der Waals surface area contributed by atoms with Gasteiger partial charge in [0.1, 0.15) is 17.5 Å². The van der Waals surface area contributed by atoms with Crippen LogP contribution in [-0.2, 0) is 0 Å². The monoisotopic (exact) mass is 364 g/mol. The van der Waals surface area contributed by atoms with Crippen LogP contribution < -0.4 is 0 Å². The van der Waals surface area contributed by atoms with Gasteiger partial charge in [0, 0.05) is 5.56 Å². The van der Waals surface area contributed by atoms with Crippen molar-refractivity contribution in [1.82, 2.24) is 0 Å². The summed E-state index contributed by atoms with van der Waals surface area (Å²) in [6, 6.07) is 10.4. The highest BCUT2D eigenvalue weighted by Crippen LogP contribution is 2.28. The summed E-state index contributed by atoms with van der Waals surface area (Å²) in [4.78, 5) is 0. The molecule has 0 N–H and O–H groups in total. The Hall–Kier alpha value is -2.99. The van der Waals surface area contributed by atoms with E-state index in [0.717, 1.165) is 22.8 Å². The summed E-state index contributed by atoms with van der Waals surface area (Å²) in [6.45, 7) is 7.66. The van der Waals surface area contributed by atoms with Gasteiger partial charge in [0.2, 0.25) is 0 Å². The Morgan fingerprint density at radius 3 is 1.81 bits per heavy atom. The van der Waals surface area contributed by atoms with Gasteiger partial charge in [-0.2, -0.15) is 0 Å². The number of hydrogen-bond acceptors (Lipinski definition) is 0. The van der Waals surface area contributed by atoms with Crippen LogP contribution in [0.3, 0.4) is 0 Å². The Balaban J connectivity index is 1.98. The van der Waals surface area contributed by atoms with Crippen LogP contribution in [-0.4, -0.2) is 0 Å². The van der Waals surface area contributed by atoms with E-state index < -0.39 is 17.5 Å². The Kier molecular flexibility index (Phi) is 5.10. The van der Waals surface area contributed by atoms with Crippen LogP contribution in [0.15, 0.2) is 42.5 Å². The zero-order valence-electron chi connectivity index (χ0n) is 15.7. The summed E-state index contributed by atoms with van der Waals surface area (Å²) in [5, 5.41) is 0. The van der Waals surface area contributed by atoms with Crippen LogP contribution in [0.25, 0.3) is 11.1 Å². The minimum absolute atomic E-state index is 0.148. The first-order valence-electron chi connectivity index (χ1n) is 8.61. The maximum absolute atomic E-state index is 14.5. The number of benzene rings is 3. The van der Waals surface area contributed by atoms with Crippen LogP contribution in [0, 0.1) is 57.0 Å². The van der Waals surface area contributed by atoms with E-state index in [-0.39, 0.29) is 16.7 Å². The summed E-state index contributed by atoms with van der Waals surface area (Å²) < 4.78 is 42.7. The van der Waals surface area contributed by atoms with Gasteiger partial charge in [-0.15, -0.1) is 0 Å². The lowest BCUT2D eigenvalue weighted by atomic mass is 9.99. The largest absolute Gasteiger partial charge is 0.206 e. The standard InChI is InChI=1S/C24H19F3/c1-14-9-22(26)24(23(27)10-14)20-8-7-19(21(25)13-20)6-5-18-11-15(2)17(4)16(3)12-18/h7-13H,1-4H3. The van der Waals surface area contributed by atoms with E-state index in [1.54, 1.807) is 6.92 Å². The smallest absolute Gasteiger partial charge is 0.139 e. The summed E-state index contributed by atoms with van der Waals surface area (Å²) in [5.41, 5.74) is 4.83. The molecule has 136 valence electrons. The lowest BCUT2D eigenvalue weighted by Crippen LogP contribution is -1.94. The third kappa shape index (κ3) is 3.90. The van der Waals surface area contributed by atoms with E-state index in [9.17, 15) is 13.2 Å². The van der Waals surface area contributed by atoms with Crippen molar-refractivity contribution in [1.29, 1.82) is 0 Å². The lowest BCUT2D eigenvalue weighted by molar-refractivity contribution is 0.586. The predicted molar refractivity (Wildman–Crippen MR) is 103 cm³/mol. The van der Waals surface area contributed by atoms with Crippen molar-refractivity contribution in [2.24, 2.45) is 0 Å². The molecule has 0 nitrogen and oxygen atoms in total. The fourth-order valence-electron chi connectivity index (χ4n) is 2.99. The van der Waals surface area contributed by atoms with Gasteiger partial charge in [0.05, 0.1) is 11.1 Å². The fraction of sp³-hybridized carbons (Fsp3) is 0.167. The van der Waals surface area contributed by atoms with Crippen LogP contribution in [0.1, 0.15) is 33.4 Å². The molecular weight excluding hydrogens is 345 g/mol. The summed E-state index contributed by atoms with van der Waals surface area (Å²) in [6.07, 6.45) is 0. The molecular formula is C24H19F3. The Morgan fingerprint density at radius 1 is 0.667 bits per heavy atom. The first kappa shape index (κ1) is 18.8. The molecule has 0 saturated heterocycles. The van der Waals surface area contributed by atoms with E-state index in [1.165, 1.54) is 29.8 Å². The SMILES string of the molecule is Cc1cc(F)c(-c2ccc(C#Cc3cc(C)c(C)c(C)c3)c(F)c2)c(F)c1. The molecule has 3 aromatic rings. The molecule has 0 aliphatic heterocycles. The van der Waals surface area contributed by atoms with Crippen molar-refractivity contribution in [3.05, 3.63) is 93.3 Å². The van der Waals surface area contributed by atoms with Gasteiger partial charge in [-0.05, 0) is 91.9 Å². The molecule has 0 fully saturated rings. The van der Waals surface area contributed by atoms with Gasteiger partial charge < -0.3 is 0 Å². The molecule has 0 aliphatic rings. The minimum Gasteiger partial charge on any atom is -0.206 e. The topological polar surface area (TPSA) is 0 Å². The summed E-state index contributed by atoms with van der Waals surface area (Å²) in [7, 11) is 0. The van der Waals surface area contributed by atoms with E-state index in [1.807, 2.05) is 32.9 Å². The molecule has 0 radical (unpaired) electrons. The second kappa shape index (κ2) is 7.32. The molecule has 0 aliphatic carbocycles. The van der Waals surface area contributed by atoms with Crippen molar-refractivity contribution in [3.8, 4) is 23.0 Å². The zero-order valence-corrected chi connectivity index (χ0v) is 15.7. The van der Waals surface area contributed by atoms with Gasteiger partial charge in [0.25, 0.3) is 0 Å². The number of halogens is 3. The van der Waals surface area contributed by atoms with Gasteiger partial charge in [-0.1, -0.05) is 17.9 Å². The van der Waals surface area contributed by atoms with Crippen LogP contribution in [0.5, 0.6) is 0 Å². The second-order valence-corrected chi connectivity index (χ2v) is 6.78. The molecule has 0 amide bonds. The van der Waals surface area contributed by atoms with Gasteiger partial charge >= 0.3 is 0 Å². The highest BCUT2D eigenvalue weighted by atomic mass is 19.1. The first-order chi connectivity index (χ1) is 12.8. The second-order valence-electron chi connectivity index (χ2n) is 6.78. The maximum Gasteiger partial charge on any atom is 0.139 e. The van der Waals surface area contributed by atoms with Crippen LogP contribution in [0.4, 0.5) is 13.2 Å².